The highest BCUT2D eigenvalue weighted by atomic mass is 32.2. The Morgan fingerprint density at radius 2 is 2.05 bits per heavy atom. The highest BCUT2D eigenvalue weighted by molar-refractivity contribution is 8.01. The highest BCUT2D eigenvalue weighted by Crippen LogP contribution is 2.49. The van der Waals surface area contributed by atoms with E-state index in [4.69, 9.17) is 9.47 Å². The van der Waals surface area contributed by atoms with Crippen LogP contribution in [0, 0.1) is 0 Å². The minimum absolute atomic E-state index is 0.142. The van der Waals surface area contributed by atoms with Crippen LogP contribution in [0.15, 0.2) is 45.5 Å². The standard InChI is InChI=1S/C16H18O2S2/c1-16(2)10-13(17-3)15-12(18-16)9-14(20-15)19-11-7-5-4-6-8-11/h4-9,13H,10H2,1-3H3. The summed E-state index contributed by atoms with van der Waals surface area (Å²) in [5.41, 5.74) is -0.163. The second-order valence-electron chi connectivity index (χ2n) is 5.50. The minimum atomic E-state index is -0.163. The maximum Gasteiger partial charge on any atom is 0.137 e. The van der Waals surface area contributed by atoms with Crippen LogP contribution in [0.5, 0.6) is 5.75 Å². The van der Waals surface area contributed by atoms with Crippen LogP contribution in [0.3, 0.4) is 0 Å². The van der Waals surface area contributed by atoms with Gasteiger partial charge in [0, 0.05) is 24.5 Å². The summed E-state index contributed by atoms with van der Waals surface area (Å²) in [6, 6.07) is 12.6. The third-order valence-electron chi connectivity index (χ3n) is 3.30. The molecular weight excluding hydrogens is 288 g/mol. The minimum Gasteiger partial charge on any atom is -0.486 e. The fourth-order valence-electron chi connectivity index (χ4n) is 2.39. The van der Waals surface area contributed by atoms with Crippen LogP contribution >= 0.6 is 23.1 Å². The molecule has 0 fully saturated rings. The second-order valence-corrected chi connectivity index (χ2v) is 7.96. The molecule has 1 aliphatic heterocycles. The molecule has 0 amide bonds. The van der Waals surface area contributed by atoms with E-state index in [0.717, 1.165) is 12.2 Å². The van der Waals surface area contributed by atoms with E-state index in [1.807, 2.05) is 6.07 Å². The molecule has 106 valence electrons. The molecule has 0 aliphatic carbocycles. The molecule has 0 N–H and O–H groups in total. The van der Waals surface area contributed by atoms with Crippen molar-refractivity contribution in [2.24, 2.45) is 0 Å². The monoisotopic (exact) mass is 306 g/mol. The van der Waals surface area contributed by atoms with E-state index in [9.17, 15) is 0 Å². The van der Waals surface area contributed by atoms with Gasteiger partial charge in [0.25, 0.3) is 0 Å². The van der Waals surface area contributed by atoms with Crippen LogP contribution in [0.2, 0.25) is 0 Å². The molecule has 0 bridgehead atoms. The Bertz CT molecular complexity index is 590. The number of hydrogen-bond acceptors (Lipinski definition) is 4. The van der Waals surface area contributed by atoms with Crippen LogP contribution in [-0.4, -0.2) is 12.7 Å². The van der Waals surface area contributed by atoms with Crippen molar-refractivity contribution in [2.45, 2.75) is 41.1 Å². The lowest BCUT2D eigenvalue weighted by molar-refractivity contribution is -0.00792. The van der Waals surface area contributed by atoms with Gasteiger partial charge in [-0.25, -0.2) is 0 Å². The Morgan fingerprint density at radius 1 is 1.30 bits per heavy atom. The van der Waals surface area contributed by atoms with Gasteiger partial charge in [0.1, 0.15) is 11.4 Å². The van der Waals surface area contributed by atoms with Gasteiger partial charge in [-0.3, -0.25) is 0 Å². The molecule has 1 unspecified atom stereocenters. The Hall–Kier alpha value is -0.970. The first-order valence-electron chi connectivity index (χ1n) is 6.66. The molecule has 0 spiro atoms. The summed E-state index contributed by atoms with van der Waals surface area (Å²) in [7, 11) is 1.78. The van der Waals surface area contributed by atoms with Gasteiger partial charge in [0.15, 0.2) is 0 Å². The molecule has 1 aliphatic rings. The van der Waals surface area contributed by atoms with Crippen LogP contribution in [0.4, 0.5) is 0 Å². The zero-order valence-corrected chi connectivity index (χ0v) is 13.5. The van der Waals surface area contributed by atoms with Crippen molar-refractivity contribution in [3.63, 3.8) is 0 Å². The lowest BCUT2D eigenvalue weighted by Gasteiger charge is -2.34. The average molecular weight is 306 g/mol. The predicted molar refractivity (Wildman–Crippen MR) is 84.0 cm³/mol. The highest BCUT2D eigenvalue weighted by Gasteiger charge is 2.35. The van der Waals surface area contributed by atoms with Crippen molar-refractivity contribution in [2.75, 3.05) is 7.11 Å². The number of benzene rings is 1. The molecule has 0 radical (unpaired) electrons. The summed E-state index contributed by atoms with van der Waals surface area (Å²) in [5.74, 6) is 0.983. The molecule has 1 aromatic carbocycles. The first-order chi connectivity index (χ1) is 9.57. The topological polar surface area (TPSA) is 18.5 Å². The molecule has 2 nitrogen and oxygen atoms in total. The van der Waals surface area contributed by atoms with E-state index in [-0.39, 0.29) is 11.7 Å². The molecule has 1 aromatic heterocycles. The van der Waals surface area contributed by atoms with Gasteiger partial charge in [0.05, 0.1) is 15.2 Å². The molecule has 0 saturated heterocycles. The third kappa shape index (κ3) is 2.87. The van der Waals surface area contributed by atoms with Gasteiger partial charge in [0.2, 0.25) is 0 Å². The summed E-state index contributed by atoms with van der Waals surface area (Å²) >= 11 is 3.55. The van der Waals surface area contributed by atoms with Crippen molar-refractivity contribution in [3.8, 4) is 5.75 Å². The summed E-state index contributed by atoms with van der Waals surface area (Å²) in [6.45, 7) is 4.23. The van der Waals surface area contributed by atoms with Gasteiger partial charge < -0.3 is 9.47 Å². The number of hydrogen-bond donors (Lipinski definition) is 0. The van der Waals surface area contributed by atoms with Crippen molar-refractivity contribution in [1.29, 1.82) is 0 Å². The predicted octanol–water partition coefficient (Wildman–Crippen LogP) is 5.15. The number of ether oxygens (including phenoxy) is 2. The van der Waals surface area contributed by atoms with E-state index in [1.165, 1.54) is 14.0 Å². The van der Waals surface area contributed by atoms with E-state index in [2.05, 4.69) is 44.2 Å². The second kappa shape index (κ2) is 5.43. The van der Waals surface area contributed by atoms with Crippen LogP contribution in [0.1, 0.15) is 31.2 Å². The van der Waals surface area contributed by atoms with Crippen LogP contribution in [0.25, 0.3) is 0 Å². The number of rotatable bonds is 3. The average Bonchev–Trinajstić information content (AvgIpc) is 2.79. The van der Waals surface area contributed by atoms with E-state index in [1.54, 1.807) is 30.2 Å². The van der Waals surface area contributed by atoms with Gasteiger partial charge in [-0.2, -0.15) is 0 Å². The zero-order valence-electron chi connectivity index (χ0n) is 11.9. The Balaban J connectivity index is 1.88. The van der Waals surface area contributed by atoms with Crippen LogP contribution < -0.4 is 4.74 Å². The summed E-state index contributed by atoms with van der Waals surface area (Å²) < 4.78 is 13.0. The normalized spacial score (nSPS) is 20.2. The third-order valence-corrected chi connectivity index (χ3v) is 5.63. The number of thiophene rings is 1. The SMILES string of the molecule is COC1CC(C)(C)Oc2cc(Sc3ccccc3)sc21. The quantitative estimate of drug-likeness (QED) is 0.781. The molecule has 3 rings (SSSR count). The van der Waals surface area contributed by atoms with Crippen molar-refractivity contribution >= 4 is 23.1 Å². The summed E-state index contributed by atoms with van der Waals surface area (Å²) in [5, 5.41) is 0. The molecule has 4 heteroatoms. The molecule has 2 aromatic rings. The zero-order chi connectivity index (χ0) is 14.2. The largest absolute Gasteiger partial charge is 0.486 e. The number of fused-ring (bicyclic) bond motifs is 1. The fourth-order valence-corrected chi connectivity index (χ4v) is 4.71. The summed E-state index contributed by atoms with van der Waals surface area (Å²) in [6.07, 6.45) is 1.04. The van der Waals surface area contributed by atoms with E-state index < -0.39 is 0 Å². The van der Waals surface area contributed by atoms with E-state index in [0.29, 0.717) is 0 Å². The molecular formula is C16H18O2S2. The van der Waals surface area contributed by atoms with Gasteiger partial charge in [-0.1, -0.05) is 30.0 Å². The van der Waals surface area contributed by atoms with Crippen molar-refractivity contribution < 1.29 is 9.47 Å². The maximum atomic E-state index is 6.09. The van der Waals surface area contributed by atoms with Crippen molar-refractivity contribution in [3.05, 3.63) is 41.3 Å². The lowest BCUT2D eigenvalue weighted by Crippen LogP contribution is -2.34. The molecule has 1 atom stereocenters. The van der Waals surface area contributed by atoms with Gasteiger partial charge in [-0.15, -0.1) is 11.3 Å². The Morgan fingerprint density at radius 3 is 2.75 bits per heavy atom. The smallest absolute Gasteiger partial charge is 0.137 e. The first kappa shape index (κ1) is 14.0. The van der Waals surface area contributed by atoms with Gasteiger partial charge in [-0.05, 0) is 26.0 Å². The molecule has 2 heterocycles. The van der Waals surface area contributed by atoms with E-state index >= 15 is 0 Å². The molecule has 20 heavy (non-hydrogen) atoms. The van der Waals surface area contributed by atoms with Crippen molar-refractivity contribution in [1.82, 2.24) is 0 Å². The Kier molecular flexibility index (Phi) is 3.80. The fraction of sp³-hybridized carbons (Fsp3) is 0.375. The number of methoxy groups -OCH3 is 1. The Labute approximate surface area is 128 Å². The van der Waals surface area contributed by atoms with Crippen LogP contribution in [-0.2, 0) is 4.74 Å². The molecule has 0 saturated carbocycles. The maximum absolute atomic E-state index is 6.09. The van der Waals surface area contributed by atoms with Gasteiger partial charge >= 0.3 is 0 Å². The summed E-state index contributed by atoms with van der Waals surface area (Å²) in [4.78, 5) is 2.46. The lowest BCUT2D eigenvalue weighted by atomic mass is 9.96. The first-order valence-corrected chi connectivity index (χ1v) is 8.29.